The van der Waals surface area contributed by atoms with E-state index < -0.39 is 8.41 Å². The Bertz CT molecular complexity index is 2730. The first-order chi connectivity index (χ1) is 26.0. The van der Waals surface area contributed by atoms with Gasteiger partial charge in [-0.1, -0.05) is 112 Å². The SMILES string of the molecule is C=[Si](C)c1cc2c3c(c1)C1(C)CCCCC1(C)N3c1cc(N3c4ccc(C)cc4C4(C)CCCCC34C)cc3c1B2c1cccc2c4ccccc4n-3c12. The van der Waals surface area contributed by atoms with Crippen molar-refractivity contribution in [3.8, 4) is 5.69 Å². The Hall–Kier alpha value is -4.35. The summed E-state index contributed by atoms with van der Waals surface area (Å²) in [5.74, 6) is 0. The second-order valence-corrected chi connectivity index (χ2v) is 21.1. The minimum Gasteiger partial charge on any atom is -0.335 e. The number of para-hydroxylation sites is 2. The van der Waals surface area contributed by atoms with Crippen molar-refractivity contribution in [2.45, 2.75) is 114 Å². The average molecular weight is 720 g/mol. The Labute approximate surface area is 322 Å². The van der Waals surface area contributed by atoms with Crippen molar-refractivity contribution in [3.63, 3.8) is 0 Å². The summed E-state index contributed by atoms with van der Waals surface area (Å²) in [6, 6.07) is 34.2. The maximum Gasteiger partial charge on any atom is 0.252 e. The van der Waals surface area contributed by atoms with Crippen LogP contribution in [0.1, 0.15) is 95.8 Å². The number of nitrogens with zero attached hydrogens (tertiary/aromatic N) is 3. The fourth-order valence-electron chi connectivity index (χ4n) is 13.4. The highest BCUT2D eigenvalue weighted by Gasteiger charge is 2.62. The molecule has 0 radical (unpaired) electrons. The Morgan fingerprint density at radius 1 is 0.648 bits per heavy atom. The molecular weight excluding hydrogens is 669 g/mol. The van der Waals surface area contributed by atoms with Crippen LogP contribution in [0.4, 0.5) is 22.7 Å². The lowest BCUT2D eigenvalue weighted by Crippen LogP contribution is -2.64. The molecule has 2 aliphatic carbocycles. The topological polar surface area (TPSA) is 11.4 Å². The number of hydrogen-bond acceptors (Lipinski definition) is 2. The van der Waals surface area contributed by atoms with Gasteiger partial charge in [0.05, 0.1) is 16.6 Å². The van der Waals surface area contributed by atoms with E-state index in [1.807, 2.05) is 0 Å². The summed E-state index contributed by atoms with van der Waals surface area (Å²) in [4.78, 5) is 5.76. The Morgan fingerprint density at radius 2 is 1.33 bits per heavy atom. The molecule has 0 spiro atoms. The van der Waals surface area contributed by atoms with Gasteiger partial charge in [0.15, 0.2) is 0 Å². The second-order valence-electron chi connectivity index (χ2n) is 19.0. The van der Waals surface area contributed by atoms with Gasteiger partial charge in [0.2, 0.25) is 0 Å². The second kappa shape index (κ2) is 10.1. The van der Waals surface area contributed by atoms with Crippen molar-refractivity contribution in [3.05, 3.63) is 102 Å². The van der Waals surface area contributed by atoms with Crippen molar-refractivity contribution >= 4 is 87.4 Å². The molecule has 0 bridgehead atoms. The number of aryl methyl sites for hydroxylation is 1. The third-order valence-corrected chi connectivity index (χ3v) is 17.8. The smallest absolute Gasteiger partial charge is 0.252 e. The van der Waals surface area contributed by atoms with E-state index in [1.54, 1.807) is 11.1 Å². The largest absolute Gasteiger partial charge is 0.335 e. The third-order valence-electron chi connectivity index (χ3n) is 16.5. The van der Waals surface area contributed by atoms with E-state index in [2.05, 4.69) is 140 Å². The van der Waals surface area contributed by atoms with Crippen molar-refractivity contribution in [1.29, 1.82) is 0 Å². The van der Waals surface area contributed by atoms with Crippen molar-refractivity contribution in [2.24, 2.45) is 0 Å². The van der Waals surface area contributed by atoms with E-state index in [9.17, 15) is 0 Å². The van der Waals surface area contributed by atoms with Gasteiger partial charge in [-0.25, -0.2) is 0 Å². The summed E-state index contributed by atoms with van der Waals surface area (Å²) >= 11 is 0. The molecule has 268 valence electrons. The molecule has 4 aliphatic heterocycles. The quantitative estimate of drug-likeness (QED) is 0.165. The molecule has 5 heteroatoms. The van der Waals surface area contributed by atoms with Crippen LogP contribution in [-0.2, 0) is 10.8 Å². The molecule has 2 fully saturated rings. The molecule has 4 unspecified atom stereocenters. The Kier molecular flexibility index (Phi) is 5.97. The van der Waals surface area contributed by atoms with E-state index in [4.69, 9.17) is 6.17 Å². The monoisotopic (exact) mass is 719 g/mol. The summed E-state index contributed by atoms with van der Waals surface area (Å²) in [7, 11) is -0.926. The van der Waals surface area contributed by atoms with Crippen LogP contribution in [0.25, 0.3) is 27.5 Å². The number of benzene rings is 5. The molecular formula is C49H50BN3Si. The van der Waals surface area contributed by atoms with Crippen LogP contribution in [0.15, 0.2) is 84.9 Å². The number of hydrogen-bond donors (Lipinski definition) is 0. The van der Waals surface area contributed by atoms with Crippen LogP contribution < -0.4 is 31.4 Å². The molecule has 3 nitrogen and oxygen atoms in total. The fraction of sp³-hybridized carbons (Fsp3) is 0.367. The van der Waals surface area contributed by atoms with Gasteiger partial charge in [-0.3, -0.25) is 0 Å². The van der Waals surface area contributed by atoms with Crippen molar-refractivity contribution in [1.82, 2.24) is 4.57 Å². The molecule has 1 aromatic heterocycles. The zero-order chi connectivity index (χ0) is 36.7. The molecule has 0 N–H and O–H groups in total. The lowest BCUT2D eigenvalue weighted by molar-refractivity contribution is 0.194. The van der Waals surface area contributed by atoms with Gasteiger partial charge in [0.25, 0.3) is 6.71 Å². The van der Waals surface area contributed by atoms with Crippen LogP contribution in [0.3, 0.4) is 0 Å². The van der Waals surface area contributed by atoms with Crippen LogP contribution in [-0.4, -0.2) is 36.9 Å². The fourth-order valence-corrected chi connectivity index (χ4v) is 14.2. The minimum atomic E-state index is -0.926. The normalized spacial score (nSPS) is 28.2. The molecule has 5 heterocycles. The number of anilines is 4. The highest BCUT2D eigenvalue weighted by molar-refractivity contribution is 7.00. The molecule has 0 saturated heterocycles. The first kappa shape index (κ1) is 31.9. The summed E-state index contributed by atoms with van der Waals surface area (Å²) in [5, 5.41) is 4.20. The molecule has 2 saturated carbocycles. The van der Waals surface area contributed by atoms with Gasteiger partial charge in [-0.05, 0) is 103 Å². The Balaban J connectivity index is 1.25. The van der Waals surface area contributed by atoms with E-state index in [0.717, 1.165) is 0 Å². The van der Waals surface area contributed by atoms with E-state index in [-0.39, 0.29) is 28.6 Å². The van der Waals surface area contributed by atoms with Crippen molar-refractivity contribution < 1.29 is 0 Å². The van der Waals surface area contributed by atoms with Gasteiger partial charge in [0, 0.05) is 64.0 Å². The van der Waals surface area contributed by atoms with E-state index >= 15 is 0 Å². The number of aromatic nitrogens is 1. The summed E-state index contributed by atoms with van der Waals surface area (Å²) in [5.41, 5.74) is 18.9. The molecule has 6 aromatic rings. The van der Waals surface area contributed by atoms with Crippen molar-refractivity contribution in [2.75, 3.05) is 9.80 Å². The van der Waals surface area contributed by atoms with E-state index in [0.29, 0.717) is 0 Å². The van der Waals surface area contributed by atoms with Gasteiger partial charge >= 0.3 is 0 Å². The maximum atomic E-state index is 4.72. The zero-order valence-electron chi connectivity index (χ0n) is 32.9. The predicted octanol–water partition coefficient (Wildman–Crippen LogP) is 9.06. The summed E-state index contributed by atoms with van der Waals surface area (Å²) in [6.07, 6.45) is 14.8. The zero-order valence-corrected chi connectivity index (χ0v) is 33.9. The van der Waals surface area contributed by atoms with Gasteiger partial charge < -0.3 is 14.4 Å². The first-order valence-corrected chi connectivity index (χ1v) is 23.0. The standard InChI is InChI=1S/C49H50BN3Si/c1-30-19-20-40-35(25-30)46(2)21-10-12-23-48(46,4)52(40)31-26-41-43-42(27-31)53-45-36(47(3)22-11-13-24-49(47,53)5)28-32(54(6)7)29-38(45)50(43)37-17-14-16-34-33-15-8-9-18-39(33)51(41)44(34)37/h8-9,14-20,25-29H,6,10-13,21-24H2,1-5,7H3. The average Bonchev–Trinajstić information content (AvgIpc) is 3.69. The van der Waals surface area contributed by atoms with Gasteiger partial charge in [-0.2, -0.15) is 0 Å². The van der Waals surface area contributed by atoms with Gasteiger partial charge in [-0.15, -0.1) is 6.17 Å². The number of rotatable bonds is 2. The summed E-state index contributed by atoms with van der Waals surface area (Å²) < 4.78 is 2.68. The molecule has 0 amide bonds. The predicted molar refractivity (Wildman–Crippen MR) is 234 cm³/mol. The van der Waals surface area contributed by atoms with Gasteiger partial charge in [0.1, 0.15) is 0 Å². The molecule has 6 aliphatic rings. The number of fused-ring (bicyclic) bond motifs is 13. The molecule has 54 heavy (non-hydrogen) atoms. The molecule has 5 aromatic carbocycles. The Morgan fingerprint density at radius 3 is 2.11 bits per heavy atom. The summed E-state index contributed by atoms with van der Waals surface area (Å²) in [6.45, 7) is 15.3. The third kappa shape index (κ3) is 3.44. The highest BCUT2D eigenvalue weighted by Crippen LogP contribution is 2.64. The first-order valence-electron chi connectivity index (χ1n) is 20.8. The van der Waals surface area contributed by atoms with Crippen LogP contribution in [0, 0.1) is 6.92 Å². The lowest BCUT2D eigenvalue weighted by atomic mass is 9.33. The lowest BCUT2D eigenvalue weighted by Gasteiger charge is -2.53. The van der Waals surface area contributed by atoms with Crippen LogP contribution in [0.5, 0.6) is 0 Å². The van der Waals surface area contributed by atoms with Crippen LogP contribution >= 0.6 is 0 Å². The van der Waals surface area contributed by atoms with E-state index in [1.165, 1.54) is 129 Å². The maximum absolute atomic E-state index is 4.72. The molecule has 4 atom stereocenters. The van der Waals surface area contributed by atoms with Crippen LogP contribution in [0.2, 0.25) is 6.55 Å². The minimum absolute atomic E-state index is 0.0169. The highest BCUT2D eigenvalue weighted by atomic mass is 28.2. The molecule has 12 rings (SSSR count).